The molecule has 64 valence electrons. The van der Waals surface area contributed by atoms with Gasteiger partial charge in [-0.1, -0.05) is 6.08 Å². The molecule has 1 atom stereocenters. The van der Waals surface area contributed by atoms with E-state index in [2.05, 4.69) is 31.8 Å². The molecule has 1 unspecified atom stereocenters. The summed E-state index contributed by atoms with van der Waals surface area (Å²) >= 11 is 7.73. The van der Waals surface area contributed by atoms with Crippen LogP contribution in [0, 0.1) is 0 Å². The fourth-order valence-corrected chi connectivity index (χ4v) is 0.974. The first-order chi connectivity index (χ1) is 4.95. The highest BCUT2D eigenvalue weighted by atomic mass is 32.2. The first-order valence-electron chi connectivity index (χ1n) is 2.94. The number of nitrogens with two attached hydrogens (primary N) is 1. The molecule has 0 bridgehead atoms. The molecule has 5 heteroatoms. The molecule has 0 aromatic rings. The average molecular weight is 193 g/mol. The summed E-state index contributed by atoms with van der Waals surface area (Å²) in [6.07, 6.45) is 1.59. The van der Waals surface area contributed by atoms with Gasteiger partial charge in [0.1, 0.15) is 5.54 Å². The summed E-state index contributed by atoms with van der Waals surface area (Å²) in [6, 6.07) is 0. The summed E-state index contributed by atoms with van der Waals surface area (Å²) in [5.74, 6) is -1.12. The van der Waals surface area contributed by atoms with Gasteiger partial charge in [0, 0.05) is 0 Å². The van der Waals surface area contributed by atoms with Crippen molar-refractivity contribution >= 4 is 31.2 Å². The van der Waals surface area contributed by atoms with E-state index in [9.17, 15) is 4.79 Å². The Labute approximate surface area is 76.5 Å². The highest BCUT2D eigenvalue weighted by Crippen LogP contribution is 2.21. The van der Waals surface area contributed by atoms with E-state index in [1.165, 1.54) is 6.08 Å². The van der Waals surface area contributed by atoms with Gasteiger partial charge in [0.15, 0.2) is 0 Å². The van der Waals surface area contributed by atoms with Gasteiger partial charge >= 0.3 is 5.97 Å². The van der Waals surface area contributed by atoms with Crippen molar-refractivity contribution in [2.75, 3.05) is 0 Å². The van der Waals surface area contributed by atoms with E-state index in [-0.39, 0.29) is 6.42 Å². The summed E-state index contributed by atoms with van der Waals surface area (Å²) in [4.78, 5) is 10.6. The molecule has 0 aromatic heterocycles. The van der Waals surface area contributed by atoms with Gasteiger partial charge in [-0.15, -0.1) is 6.58 Å². The quantitative estimate of drug-likeness (QED) is 0.299. The lowest BCUT2D eigenvalue weighted by molar-refractivity contribution is -0.142. The normalized spacial score (nSPS) is 16.0. The van der Waals surface area contributed by atoms with Gasteiger partial charge in [-0.3, -0.25) is 4.79 Å². The zero-order valence-corrected chi connectivity index (χ0v) is 7.69. The lowest BCUT2D eigenvalue weighted by Crippen LogP contribution is -2.53. The Balaban J connectivity index is 4.51. The zero-order chi connectivity index (χ0) is 9.07. The Morgan fingerprint density at radius 1 is 1.82 bits per heavy atom. The number of carboxylic acids is 1. The Hall–Kier alpha value is -0.130. The molecule has 0 aliphatic rings. The molecule has 11 heavy (non-hydrogen) atoms. The summed E-state index contributed by atoms with van der Waals surface area (Å²) in [7, 11) is 0. The van der Waals surface area contributed by atoms with Crippen LogP contribution in [0.4, 0.5) is 0 Å². The predicted octanol–water partition coefficient (Wildman–Crippen LogP) is 0.530. The summed E-state index contributed by atoms with van der Waals surface area (Å²) < 4.78 is -0.696. The molecule has 3 N–H and O–H groups in total. The average Bonchev–Trinajstić information content (AvgIpc) is 1.87. The van der Waals surface area contributed by atoms with E-state index in [0.717, 1.165) is 0 Å². The highest BCUT2D eigenvalue weighted by molar-refractivity contribution is 7.99. The molecule has 0 fully saturated rings. The van der Waals surface area contributed by atoms with Crippen LogP contribution >= 0.6 is 25.3 Å². The fraction of sp³-hybridized carbons (Fsp3) is 0.500. The number of aliphatic carboxylic acids is 1. The minimum Gasteiger partial charge on any atom is -0.480 e. The van der Waals surface area contributed by atoms with Crippen LogP contribution in [0.1, 0.15) is 6.42 Å². The molecule has 0 aliphatic heterocycles. The smallest absolute Gasteiger partial charge is 0.326 e. The van der Waals surface area contributed by atoms with Crippen molar-refractivity contribution < 1.29 is 9.90 Å². The minimum atomic E-state index is -1.42. The Morgan fingerprint density at radius 2 is 2.27 bits per heavy atom. The number of hydrogen-bond acceptors (Lipinski definition) is 4. The Bertz CT molecular complexity index is 172. The molecule has 0 radical (unpaired) electrons. The van der Waals surface area contributed by atoms with Crippen molar-refractivity contribution in [3.63, 3.8) is 0 Å². The minimum absolute atomic E-state index is 0.153. The van der Waals surface area contributed by atoms with Crippen molar-refractivity contribution in [3.05, 3.63) is 12.7 Å². The lowest BCUT2D eigenvalue weighted by Gasteiger charge is -2.25. The van der Waals surface area contributed by atoms with Crippen LogP contribution in [0.15, 0.2) is 12.7 Å². The van der Waals surface area contributed by atoms with E-state index >= 15 is 0 Å². The third-order valence-corrected chi connectivity index (χ3v) is 2.26. The van der Waals surface area contributed by atoms with E-state index in [0.29, 0.717) is 0 Å². The largest absolute Gasteiger partial charge is 0.480 e. The van der Waals surface area contributed by atoms with Gasteiger partial charge < -0.3 is 10.8 Å². The number of carbonyl (C=O) groups is 1. The molecular formula is C6H11NO2S2. The molecule has 0 rings (SSSR count). The van der Waals surface area contributed by atoms with Crippen molar-refractivity contribution in [1.29, 1.82) is 0 Å². The maximum absolute atomic E-state index is 10.6. The van der Waals surface area contributed by atoms with Crippen molar-refractivity contribution in [1.82, 2.24) is 0 Å². The number of hydrogen-bond donors (Lipinski definition) is 4. The first kappa shape index (κ1) is 10.9. The molecule has 0 aromatic carbocycles. The van der Waals surface area contributed by atoms with Crippen molar-refractivity contribution in [2.24, 2.45) is 5.73 Å². The summed E-state index contributed by atoms with van der Waals surface area (Å²) in [5, 5.41) is 8.66. The van der Waals surface area contributed by atoms with Gasteiger partial charge in [-0.25, -0.2) is 0 Å². The van der Waals surface area contributed by atoms with E-state index < -0.39 is 16.1 Å². The predicted molar refractivity (Wildman–Crippen MR) is 51.1 cm³/mol. The first-order valence-corrected chi connectivity index (χ1v) is 3.97. The topological polar surface area (TPSA) is 63.3 Å². The van der Waals surface area contributed by atoms with Gasteiger partial charge in [0.25, 0.3) is 0 Å². The van der Waals surface area contributed by atoms with Crippen LogP contribution in [0.2, 0.25) is 0 Å². The van der Waals surface area contributed by atoms with Gasteiger partial charge in [-0.05, 0) is 6.42 Å². The summed E-state index contributed by atoms with van der Waals surface area (Å²) in [5.41, 5.74) is 4.05. The van der Waals surface area contributed by atoms with Crippen LogP contribution in [0.25, 0.3) is 0 Å². The van der Waals surface area contributed by atoms with E-state index in [1.54, 1.807) is 0 Å². The van der Waals surface area contributed by atoms with Gasteiger partial charge in [0.2, 0.25) is 0 Å². The molecule has 0 aliphatic carbocycles. The van der Waals surface area contributed by atoms with E-state index in [4.69, 9.17) is 10.8 Å². The maximum atomic E-state index is 10.6. The lowest BCUT2D eigenvalue weighted by atomic mass is 9.99. The van der Waals surface area contributed by atoms with Crippen LogP contribution in [0.3, 0.4) is 0 Å². The van der Waals surface area contributed by atoms with Crippen molar-refractivity contribution in [3.8, 4) is 0 Å². The highest BCUT2D eigenvalue weighted by Gasteiger charge is 2.37. The SMILES string of the molecule is C=CCC(N)(C(=O)O)C(S)S. The second-order valence-corrected chi connectivity index (χ2v) is 3.65. The van der Waals surface area contributed by atoms with Crippen LogP contribution in [-0.4, -0.2) is 21.2 Å². The third-order valence-electron chi connectivity index (χ3n) is 1.34. The molecule has 0 saturated heterocycles. The molecular weight excluding hydrogens is 182 g/mol. The number of rotatable bonds is 4. The van der Waals surface area contributed by atoms with Crippen LogP contribution < -0.4 is 5.73 Å². The van der Waals surface area contributed by atoms with Gasteiger partial charge in [0.05, 0.1) is 4.58 Å². The third kappa shape index (κ3) is 2.43. The number of carboxylic acid groups (broad SMARTS) is 1. The van der Waals surface area contributed by atoms with Crippen molar-refractivity contribution in [2.45, 2.75) is 16.5 Å². The molecule has 0 saturated carbocycles. The fourth-order valence-electron chi connectivity index (χ4n) is 0.542. The molecule has 0 amide bonds. The van der Waals surface area contributed by atoms with Crippen LogP contribution in [-0.2, 0) is 4.79 Å². The second kappa shape index (κ2) is 4.04. The molecule has 0 heterocycles. The summed E-state index contributed by atoms with van der Waals surface area (Å²) in [6.45, 7) is 3.40. The van der Waals surface area contributed by atoms with Crippen LogP contribution in [0.5, 0.6) is 0 Å². The molecule has 3 nitrogen and oxygen atoms in total. The number of thiol groups is 2. The van der Waals surface area contributed by atoms with E-state index in [1.807, 2.05) is 0 Å². The maximum Gasteiger partial charge on any atom is 0.326 e. The van der Waals surface area contributed by atoms with Gasteiger partial charge in [-0.2, -0.15) is 25.3 Å². The Morgan fingerprint density at radius 3 is 2.36 bits per heavy atom. The second-order valence-electron chi connectivity index (χ2n) is 2.21. The monoisotopic (exact) mass is 193 g/mol. The zero-order valence-electron chi connectivity index (χ0n) is 5.90. The standard InChI is InChI=1S/C6H11NO2S2/c1-2-3-6(7,4(8)9)5(10)11/h2,5,10-11H,1,3,7H2,(H,8,9). The Kier molecular flexibility index (Phi) is 3.99. The molecule has 0 spiro atoms.